The number of aryl methyl sites for hydroxylation is 2. The second kappa shape index (κ2) is 15.1. The first-order valence-corrected chi connectivity index (χ1v) is 18.2. The molecule has 1 aromatic carbocycles. The molecule has 0 saturated carbocycles. The number of benzene rings is 1. The van der Waals surface area contributed by atoms with Crippen molar-refractivity contribution in [3.63, 3.8) is 0 Å². The van der Waals surface area contributed by atoms with E-state index in [-0.39, 0.29) is 47.2 Å². The molecule has 1 N–H and O–H groups in total. The summed E-state index contributed by atoms with van der Waals surface area (Å²) in [4.78, 5) is 36.7. The smallest absolute Gasteiger partial charge is 0.281 e. The van der Waals surface area contributed by atoms with Crippen molar-refractivity contribution in [2.45, 2.75) is 78.5 Å². The highest BCUT2D eigenvalue weighted by atomic mass is 32.2. The van der Waals surface area contributed by atoms with Crippen molar-refractivity contribution < 1.29 is 22.7 Å². The molecule has 0 saturated heterocycles. The maximum Gasteiger partial charge on any atom is 0.281 e. The van der Waals surface area contributed by atoms with Crippen molar-refractivity contribution >= 4 is 27.7 Å². The zero-order valence-electron chi connectivity index (χ0n) is 30.1. The van der Waals surface area contributed by atoms with Crippen LogP contribution in [0.25, 0.3) is 11.3 Å². The van der Waals surface area contributed by atoms with E-state index in [4.69, 9.17) is 14.5 Å². The first-order chi connectivity index (χ1) is 23.6. The van der Waals surface area contributed by atoms with Gasteiger partial charge in [0.05, 0.1) is 30.6 Å². The van der Waals surface area contributed by atoms with Gasteiger partial charge in [0, 0.05) is 31.3 Å². The Morgan fingerprint density at radius 1 is 0.980 bits per heavy atom. The fourth-order valence-electron chi connectivity index (χ4n) is 6.12. The van der Waals surface area contributed by atoms with Crippen LogP contribution in [-0.2, 0) is 21.3 Å². The normalized spacial score (nSPS) is 16.1. The molecule has 4 bridgehead atoms. The highest BCUT2D eigenvalue weighted by Crippen LogP contribution is 2.31. The number of carbonyl (C=O) groups excluding carboxylic acids is 1. The average molecular weight is 702 g/mol. The van der Waals surface area contributed by atoms with Crippen molar-refractivity contribution in [2.24, 2.45) is 5.41 Å². The fraction of sp³-hybridized carbons (Fsp3) is 0.432. The third-order valence-corrected chi connectivity index (χ3v) is 9.66. The van der Waals surface area contributed by atoms with Gasteiger partial charge in [0.1, 0.15) is 18.1 Å². The number of nitrogens with zero attached hydrogens (tertiary/aromatic N) is 6. The Bertz CT molecular complexity index is 1920. The molecule has 1 aliphatic rings. The van der Waals surface area contributed by atoms with Crippen LogP contribution in [0.5, 0.6) is 5.88 Å². The van der Waals surface area contributed by atoms with Crippen LogP contribution in [0.15, 0.2) is 65.7 Å². The van der Waals surface area contributed by atoms with Gasteiger partial charge in [0.2, 0.25) is 11.8 Å². The maximum atomic E-state index is 14.5. The number of rotatable bonds is 9. The first kappa shape index (κ1) is 36.7. The number of nitrogens with one attached hydrogen (secondary N) is 1. The van der Waals surface area contributed by atoms with E-state index in [0.717, 1.165) is 22.5 Å². The van der Waals surface area contributed by atoms with Crippen LogP contribution in [0.3, 0.4) is 0 Å². The lowest BCUT2D eigenvalue weighted by Gasteiger charge is -2.35. The number of sulfonamides is 1. The van der Waals surface area contributed by atoms with Gasteiger partial charge in [-0.15, -0.1) is 0 Å². The van der Waals surface area contributed by atoms with Crippen molar-refractivity contribution in [1.29, 1.82) is 0 Å². The molecule has 4 aromatic rings. The molecular formula is C37H47N7O5S. The van der Waals surface area contributed by atoms with Crippen LogP contribution >= 0.6 is 0 Å². The summed E-state index contributed by atoms with van der Waals surface area (Å²) in [7, 11) is -2.62. The van der Waals surface area contributed by atoms with Crippen molar-refractivity contribution in [2.75, 3.05) is 36.5 Å². The Balaban J connectivity index is 1.64. The van der Waals surface area contributed by atoms with Crippen molar-refractivity contribution in [1.82, 2.24) is 24.8 Å². The van der Waals surface area contributed by atoms with Crippen LogP contribution in [0.2, 0.25) is 0 Å². The largest absolute Gasteiger partial charge is 0.475 e. The number of hydrogen-bond donors (Lipinski definition) is 1. The zero-order valence-corrected chi connectivity index (χ0v) is 30.9. The number of aromatic nitrogens is 4. The molecule has 0 radical (unpaired) electrons. The second-order valence-electron chi connectivity index (χ2n) is 14.1. The standard InChI is InChI=1S/C37H47N7O5S/c1-24(2)43(18-19-48-8)31-16-10-14-27(38-31)22-44-28(21-37(5,6)7)23-49-32-20-30(34-25(3)12-9-13-26(34)4)40-36(41-32)42-50(46,47)33-17-11-15-29(39-33)35(44)45/h9-17,20,24,28H,18-19,21-23H2,1-8H3,(H,40,41,42)/t28-/m1/s1. The lowest BCUT2D eigenvalue weighted by atomic mass is 9.87. The summed E-state index contributed by atoms with van der Waals surface area (Å²) in [5.74, 6) is 0.333. The van der Waals surface area contributed by atoms with Gasteiger partial charge in [-0.2, -0.15) is 13.4 Å². The Morgan fingerprint density at radius 2 is 1.68 bits per heavy atom. The predicted octanol–water partition coefficient (Wildman–Crippen LogP) is 6.05. The molecular weight excluding hydrogens is 655 g/mol. The lowest BCUT2D eigenvalue weighted by molar-refractivity contribution is 0.0503. The van der Waals surface area contributed by atoms with E-state index in [1.165, 1.54) is 18.2 Å². The highest BCUT2D eigenvalue weighted by Gasteiger charge is 2.32. The summed E-state index contributed by atoms with van der Waals surface area (Å²) in [6, 6.07) is 17.4. The van der Waals surface area contributed by atoms with E-state index in [0.29, 0.717) is 31.0 Å². The number of carbonyl (C=O) groups is 1. The molecule has 0 aliphatic carbocycles. The van der Waals surface area contributed by atoms with Crippen LogP contribution in [0, 0.1) is 19.3 Å². The minimum Gasteiger partial charge on any atom is -0.475 e. The molecule has 50 heavy (non-hydrogen) atoms. The molecule has 0 unspecified atom stereocenters. The average Bonchev–Trinajstić information content (AvgIpc) is 3.04. The van der Waals surface area contributed by atoms with E-state index in [1.807, 2.05) is 50.2 Å². The maximum absolute atomic E-state index is 14.5. The molecule has 266 valence electrons. The summed E-state index contributed by atoms with van der Waals surface area (Å²) in [6.07, 6.45) is 0.558. The van der Waals surface area contributed by atoms with E-state index in [2.05, 4.69) is 59.2 Å². The van der Waals surface area contributed by atoms with Gasteiger partial charge >= 0.3 is 0 Å². The Morgan fingerprint density at radius 3 is 2.36 bits per heavy atom. The number of pyridine rings is 2. The molecule has 13 heteroatoms. The highest BCUT2D eigenvalue weighted by molar-refractivity contribution is 7.92. The Kier molecular flexibility index (Phi) is 11.1. The quantitative estimate of drug-likeness (QED) is 0.219. The van der Waals surface area contributed by atoms with Gasteiger partial charge in [0.25, 0.3) is 15.9 Å². The molecule has 12 nitrogen and oxygen atoms in total. The minimum absolute atomic E-state index is 0.0186. The first-order valence-electron chi connectivity index (χ1n) is 16.8. The number of amides is 1. The van der Waals surface area contributed by atoms with E-state index in [9.17, 15) is 13.2 Å². The minimum atomic E-state index is -4.29. The fourth-order valence-corrected chi connectivity index (χ4v) is 7.04. The van der Waals surface area contributed by atoms with Crippen molar-refractivity contribution in [3.05, 3.63) is 83.2 Å². The van der Waals surface area contributed by atoms with Crippen LogP contribution < -0.4 is 14.4 Å². The van der Waals surface area contributed by atoms with Crippen molar-refractivity contribution in [3.8, 4) is 17.1 Å². The number of fused-ring (bicyclic) bond motifs is 4. The predicted molar refractivity (Wildman–Crippen MR) is 194 cm³/mol. The Hall–Kier alpha value is -4.62. The summed E-state index contributed by atoms with van der Waals surface area (Å²) in [6.45, 7) is 15.8. The van der Waals surface area contributed by atoms with Gasteiger partial charge in [-0.05, 0) is 74.9 Å². The number of methoxy groups -OCH3 is 1. The summed E-state index contributed by atoms with van der Waals surface area (Å²) < 4.78 is 41.6. The molecule has 4 heterocycles. The molecule has 0 spiro atoms. The van der Waals surface area contributed by atoms with Gasteiger partial charge in [-0.3, -0.25) is 4.79 Å². The van der Waals surface area contributed by atoms with Crippen LogP contribution in [0.1, 0.15) is 68.3 Å². The van der Waals surface area contributed by atoms with Gasteiger partial charge in [-0.25, -0.2) is 19.7 Å². The molecule has 1 amide bonds. The van der Waals surface area contributed by atoms with Gasteiger partial charge in [-0.1, -0.05) is 51.1 Å². The Labute approximate surface area is 295 Å². The third-order valence-electron chi connectivity index (χ3n) is 8.44. The van der Waals surface area contributed by atoms with Crippen LogP contribution in [0.4, 0.5) is 11.8 Å². The summed E-state index contributed by atoms with van der Waals surface area (Å²) in [5, 5.41) is -0.329. The number of anilines is 2. The summed E-state index contributed by atoms with van der Waals surface area (Å²) in [5.41, 5.74) is 3.70. The lowest BCUT2D eigenvalue weighted by Crippen LogP contribution is -2.45. The molecule has 1 atom stereocenters. The SMILES string of the molecule is COCCN(c1cccc(CN2C(=O)c3cccc(n3)S(=O)(=O)Nc3nc(cc(-c4c(C)cccc4C)n3)OC[C@H]2CC(C)(C)C)n1)C(C)C. The zero-order chi connectivity index (χ0) is 36.2. The van der Waals surface area contributed by atoms with Gasteiger partial charge in [0.15, 0.2) is 5.03 Å². The van der Waals surface area contributed by atoms with Gasteiger partial charge < -0.3 is 19.3 Å². The number of hydrogen-bond acceptors (Lipinski definition) is 10. The van der Waals surface area contributed by atoms with Crippen LogP contribution in [-0.4, -0.2) is 78.1 Å². The molecule has 1 aliphatic heterocycles. The topological polar surface area (TPSA) is 140 Å². The molecule has 3 aromatic heterocycles. The van der Waals surface area contributed by atoms with E-state index < -0.39 is 22.0 Å². The number of ether oxygens (including phenoxy) is 2. The molecule has 0 fully saturated rings. The third kappa shape index (κ3) is 8.75. The summed E-state index contributed by atoms with van der Waals surface area (Å²) >= 11 is 0. The van der Waals surface area contributed by atoms with E-state index >= 15 is 0 Å². The monoisotopic (exact) mass is 701 g/mol. The van der Waals surface area contributed by atoms with E-state index in [1.54, 1.807) is 18.1 Å². The second-order valence-corrected chi connectivity index (χ2v) is 15.7. The molecule has 5 rings (SSSR count).